The minimum atomic E-state index is -0.868. The molecule has 1 aromatic carbocycles. The molecule has 0 saturated carbocycles. The van der Waals surface area contributed by atoms with Gasteiger partial charge in [-0.1, -0.05) is 6.07 Å². The highest BCUT2D eigenvalue weighted by molar-refractivity contribution is 6.28. The van der Waals surface area contributed by atoms with Crippen molar-refractivity contribution in [2.45, 2.75) is 0 Å². The first-order chi connectivity index (χ1) is 8.61. The highest BCUT2D eigenvalue weighted by Crippen LogP contribution is 2.27. The first kappa shape index (κ1) is 12.2. The van der Waals surface area contributed by atoms with Gasteiger partial charge in [-0.15, -0.1) is 0 Å². The Balaban J connectivity index is 2.44. The Morgan fingerprint density at radius 2 is 2.06 bits per heavy atom. The zero-order chi connectivity index (χ0) is 13.1. The monoisotopic (exact) mass is 267 g/mol. The lowest BCUT2D eigenvalue weighted by Crippen LogP contribution is -1.97. The van der Waals surface area contributed by atoms with E-state index in [1.165, 1.54) is 12.1 Å². The third-order valence-corrected chi connectivity index (χ3v) is 2.16. The molecule has 0 amide bonds. The first-order valence-electron chi connectivity index (χ1n) is 4.66. The Morgan fingerprint density at radius 1 is 1.28 bits per heavy atom. The second-order valence-electron chi connectivity index (χ2n) is 3.12. The van der Waals surface area contributed by atoms with Crippen LogP contribution in [0.2, 0.25) is 5.28 Å². The molecule has 2 aromatic rings. The second-order valence-corrected chi connectivity index (χ2v) is 3.46. The molecule has 0 unspecified atom stereocenters. The number of hydrogen-bond acceptors (Lipinski definition) is 4. The van der Waals surface area contributed by atoms with Gasteiger partial charge in [-0.25, -0.2) is 9.37 Å². The molecule has 0 N–H and O–H groups in total. The lowest BCUT2D eigenvalue weighted by atomic mass is 10.2. The fourth-order valence-corrected chi connectivity index (χ4v) is 1.33. The summed E-state index contributed by atoms with van der Waals surface area (Å²) in [4.78, 5) is 6.90. The van der Waals surface area contributed by atoms with Crippen LogP contribution in [-0.4, -0.2) is 9.97 Å². The maximum Gasteiger partial charge on any atom is 0.260 e. The average molecular weight is 268 g/mol. The van der Waals surface area contributed by atoms with Gasteiger partial charge in [-0.05, 0) is 23.7 Å². The molecule has 1 aromatic heterocycles. The van der Waals surface area contributed by atoms with Gasteiger partial charge < -0.3 is 4.74 Å². The van der Waals surface area contributed by atoms with Crippen LogP contribution < -0.4 is 4.74 Å². The molecule has 0 aliphatic carbocycles. The molecule has 0 atom stereocenters. The van der Waals surface area contributed by atoms with Crippen LogP contribution in [-0.2, 0) is 0 Å². The third-order valence-electron chi connectivity index (χ3n) is 1.98. The maximum absolute atomic E-state index is 13.3. The summed E-state index contributed by atoms with van der Waals surface area (Å²) in [7, 11) is 0. The van der Waals surface area contributed by atoms with Crippen LogP contribution in [0.4, 0.5) is 8.78 Å². The SMILES string of the molecule is N#Cc1c(F)cccc1Oc1nc(Cl)ncc1F. The van der Waals surface area contributed by atoms with Gasteiger partial charge in [0.15, 0.2) is 0 Å². The number of benzene rings is 1. The fourth-order valence-electron chi connectivity index (χ4n) is 1.20. The number of ether oxygens (including phenoxy) is 1. The summed E-state index contributed by atoms with van der Waals surface area (Å²) < 4.78 is 31.6. The quantitative estimate of drug-likeness (QED) is 0.785. The molecule has 0 bridgehead atoms. The zero-order valence-corrected chi connectivity index (χ0v) is 9.45. The van der Waals surface area contributed by atoms with E-state index in [0.29, 0.717) is 0 Å². The summed E-state index contributed by atoms with van der Waals surface area (Å²) in [6.45, 7) is 0. The van der Waals surface area contributed by atoms with Gasteiger partial charge in [0.25, 0.3) is 5.88 Å². The lowest BCUT2D eigenvalue weighted by Gasteiger charge is -2.07. The van der Waals surface area contributed by atoms with Gasteiger partial charge in [0.05, 0.1) is 6.20 Å². The predicted octanol–water partition coefficient (Wildman–Crippen LogP) is 3.07. The van der Waals surface area contributed by atoms with E-state index < -0.39 is 17.5 Å². The normalized spacial score (nSPS) is 9.89. The molecule has 0 aliphatic rings. The summed E-state index contributed by atoms with van der Waals surface area (Å²) in [6.07, 6.45) is 0.815. The number of nitrogens with zero attached hydrogens (tertiary/aromatic N) is 3. The molecule has 1 heterocycles. The predicted molar refractivity (Wildman–Crippen MR) is 58.2 cm³/mol. The van der Waals surface area contributed by atoms with Gasteiger partial charge in [-0.3, -0.25) is 0 Å². The maximum atomic E-state index is 13.3. The standard InChI is InChI=1S/C11H4ClF2N3O/c12-11-16-5-8(14)10(17-11)18-9-3-1-2-7(13)6(9)4-15/h1-3,5H. The van der Waals surface area contributed by atoms with Gasteiger partial charge >= 0.3 is 0 Å². The molecule has 18 heavy (non-hydrogen) atoms. The molecule has 0 spiro atoms. The molecule has 2 rings (SSSR count). The van der Waals surface area contributed by atoms with E-state index >= 15 is 0 Å². The van der Waals surface area contributed by atoms with Crippen LogP contribution >= 0.6 is 11.6 Å². The number of halogens is 3. The van der Waals surface area contributed by atoms with Crippen molar-refractivity contribution in [1.82, 2.24) is 9.97 Å². The molecule has 0 saturated heterocycles. The van der Waals surface area contributed by atoms with Crippen molar-refractivity contribution >= 4 is 11.6 Å². The summed E-state index contributed by atoms with van der Waals surface area (Å²) in [5, 5.41) is 8.56. The number of aromatic nitrogens is 2. The molecule has 0 radical (unpaired) electrons. The van der Waals surface area contributed by atoms with Gasteiger partial charge in [0.2, 0.25) is 11.1 Å². The largest absolute Gasteiger partial charge is 0.435 e. The third kappa shape index (κ3) is 2.36. The van der Waals surface area contributed by atoms with Crippen molar-refractivity contribution in [3.63, 3.8) is 0 Å². The van der Waals surface area contributed by atoms with Crippen LogP contribution in [0.5, 0.6) is 11.6 Å². The number of nitriles is 1. The second kappa shape index (κ2) is 4.94. The van der Waals surface area contributed by atoms with Gasteiger partial charge in [0.1, 0.15) is 23.2 Å². The summed E-state index contributed by atoms with van der Waals surface area (Å²) in [5.74, 6) is -2.26. The van der Waals surface area contributed by atoms with E-state index in [9.17, 15) is 8.78 Å². The van der Waals surface area contributed by atoms with E-state index in [1.54, 1.807) is 6.07 Å². The van der Waals surface area contributed by atoms with Crippen LogP contribution in [0.3, 0.4) is 0 Å². The Hall–Kier alpha value is -2.26. The Bertz CT molecular complexity index is 643. The minimum Gasteiger partial charge on any atom is -0.435 e. The van der Waals surface area contributed by atoms with Crippen LogP contribution in [0, 0.1) is 23.0 Å². The topological polar surface area (TPSA) is 58.8 Å². The van der Waals surface area contributed by atoms with Gasteiger partial charge in [-0.2, -0.15) is 14.6 Å². The van der Waals surface area contributed by atoms with E-state index in [-0.39, 0.29) is 16.6 Å². The van der Waals surface area contributed by atoms with Crippen molar-refractivity contribution in [1.29, 1.82) is 5.26 Å². The lowest BCUT2D eigenvalue weighted by molar-refractivity contribution is 0.415. The molecular weight excluding hydrogens is 264 g/mol. The molecule has 7 heteroatoms. The van der Waals surface area contributed by atoms with E-state index in [2.05, 4.69) is 9.97 Å². The first-order valence-corrected chi connectivity index (χ1v) is 5.04. The smallest absolute Gasteiger partial charge is 0.260 e. The minimum absolute atomic E-state index is 0.147. The van der Waals surface area contributed by atoms with Gasteiger partial charge in [0, 0.05) is 0 Å². The van der Waals surface area contributed by atoms with Crippen LogP contribution in [0.25, 0.3) is 0 Å². The highest BCUT2D eigenvalue weighted by Gasteiger charge is 2.14. The van der Waals surface area contributed by atoms with E-state index in [4.69, 9.17) is 21.6 Å². The van der Waals surface area contributed by atoms with Crippen molar-refractivity contribution in [3.05, 3.63) is 46.9 Å². The van der Waals surface area contributed by atoms with Crippen molar-refractivity contribution in [2.75, 3.05) is 0 Å². The molecule has 0 fully saturated rings. The van der Waals surface area contributed by atoms with E-state index in [1.807, 2.05) is 0 Å². The number of rotatable bonds is 2. The summed E-state index contributed by atoms with van der Waals surface area (Å²) in [6, 6.07) is 5.35. The Morgan fingerprint density at radius 3 is 2.78 bits per heavy atom. The molecule has 0 aliphatic heterocycles. The van der Waals surface area contributed by atoms with Crippen molar-refractivity contribution in [3.8, 4) is 17.7 Å². The molecule has 90 valence electrons. The highest BCUT2D eigenvalue weighted by atomic mass is 35.5. The zero-order valence-electron chi connectivity index (χ0n) is 8.69. The molecular formula is C11H4ClF2N3O. The Labute approximate surface area is 105 Å². The fraction of sp³-hybridized carbons (Fsp3) is 0. The van der Waals surface area contributed by atoms with Crippen LogP contribution in [0.1, 0.15) is 5.56 Å². The van der Waals surface area contributed by atoms with Crippen LogP contribution in [0.15, 0.2) is 24.4 Å². The summed E-state index contributed by atoms with van der Waals surface area (Å²) >= 11 is 5.48. The average Bonchev–Trinajstić information content (AvgIpc) is 2.34. The Kier molecular flexibility index (Phi) is 3.35. The number of hydrogen-bond donors (Lipinski definition) is 0. The van der Waals surface area contributed by atoms with Crippen molar-refractivity contribution < 1.29 is 13.5 Å². The van der Waals surface area contributed by atoms with E-state index in [0.717, 1.165) is 12.3 Å². The van der Waals surface area contributed by atoms with Crippen molar-refractivity contribution in [2.24, 2.45) is 0 Å². The molecule has 4 nitrogen and oxygen atoms in total. The summed E-state index contributed by atoms with van der Waals surface area (Å²) in [5.41, 5.74) is -0.341.